The molecule has 0 unspecified atom stereocenters. The van der Waals surface area contributed by atoms with Gasteiger partial charge in [0.1, 0.15) is 0 Å². The van der Waals surface area contributed by atoms with Crippen molar-refractivity contribution in [1.82, 2.24) is 0 Å². The number of hydrogen-bond acceptors (Lipinski definition) is 1. The smallest absolute Gasteiger partial charge is 0.276 e. The van der Waals surface area contributed by atoms with Crippen molar-refractivity contribution in [3.05, 3.63) is 41.9 Å². The molecule has 1 fully saturated rings. The van der Waals surface area contributed by atoms with E-state index < -0.39 is 0 Å². The molecule has 1 aliphatic rings. The maximum atomic E-state index is 12.2. The van der Waals surface area contributed by atoms with Crippen molar-refractivity contribution in [3.8, 4) is 0 Å². The first-order chi connectivity index (χ1) is 7.23. The molecule has 0 amide bonds. The number of quaternary nitrogens is 1. The van der Waals surface area contributed by atoms with E-state index >= 15 is 0 Å². The molecule has 1 aliphatic heterocycles. The monoisotopic (exact) mass is 240 g/mol. The molecule has 2 rings (SSSR count). The number of likely N-dealkylation sites (tertiary alicyclic amines) is 1. The lowest BCUT2D eigenvalue weighted by Crippen LogP contribution is -3.00. The molecular weight excluding hydrogens is 224 g/mol. The van der Waals surface area contributed by atoms with Crippen LogP contribution in [0.5, 0.6) is 0 Å². The van der Waals surface area contributed by atoms with E-state index in [2.05, 4.69) is 6.58 Å². The van der Waals surface area contributed by atoms with Crippen LogP contribution < -0.4 is 17.0 Å². The number of hydrogen-bond donors (Lipinski definition) is 0. The van der Waals surface area contributed by atoms with E-state index in [1.165, 1.54) is 0 Å². The summed E-state index contributed by atoms with van der Waals surface area (Å²) in [6, 6.07) is 5.90. The summed E-state index contributed by atoms with van der Waals surface area (Å²) in [6.45, 7) is 5.77. The molecule has 16 heavy (non-hydrogen) atoms. The molecule has 0 N–H and O–H groups in total. The first kappa shape index (κ1) is 13.2. The lowest BCUT2D eigenvalue weighted by molar-refractivity contribution is -1.01. The fourth-order valence-electron chi connectivity index (χ4n) is 2.13. The molecule has 1 saturated heterocycles. The molecule has 2 heterocycles. The van der Waals surface area contributed by atoms with Gasteiger partial charge < -0.3 is 22.3 Å². The predicted octanol–water partition coefficient (Wildman–Crippen LogP) is -1.31. The van der Waals surface area contributed by atoms with Crippen LogP contribution in [0.25, 0.3) is 6.08 Å². The number of pyridine rings is 1. The van der Waals surface area contributed by atoms with E-state index in [1.807, 2.05) is 29.0 Å². The van der Waals surface area contributed by atoms with E-state index in [-0.39, 0.29) is 17.1 Å². The molecule has 0 radical (unpaired) electrons. The van der Waals surface area contributed by atoms with Crippen LogP contribution in [-0.2, 0) is 6.67 Å². The number of aromatic nitrogens is 1. The minimum atomic E-state index is -0.0878. The molecule has 0 saturated carbocycles. The number of hydroxylamine groups is 3. The van der Waals surface area contributed by atoms with Crippen molar-refractivity contribution < 1.29 is 21.6 Å². The van der Waals surface area contributed by atoms with Crippen molar-refractivity contribution in [1.29, 1.82) is 0 Å². The van der Waals surface area contributed by atoms with Crippen molar-refractivity contribution in [3.63, 3.8) is 0 Å². The van der Waals surface area contributed by atoms with Gasteiger partial charge in [-0.1, -0.05) is 6.58 Å². The van der Waals surface area contributed by atoms with Crippen LogP contribution in [0.4, 0.5) is 0 Å². The highest BCUT2D eigenvalue weighted by molar-refractivity contribution is 5.36. The van der Waals surface area contributed by atoms with Gasteiger partial charge in [-0.3, -0.25) is 0 Å². The molecule has 88 valence electrons. The molecule has 0 spiro atoms. The van der Waals surface area contributed by atoms with Gasteiger partial charge in [0.15, 0.2) is 6.20 Å². The number of rotatable bonds is 3. The number of halogens is 1. The third kappa shape index (κ3) is 2.82. The van der Waals surface area contributed by atoms with Gasteiger partial charge >= 0.3 is 0 Å². The van der Waals surface area contributed by atoms with E-state index in [9.17, 15) is 5.21 Å². The second-order valence-electron chi connectivity index (χ2n) is 4.15. The van der Waals surface area contributed by atoms with Crippen molar-refractivity contribution >= 4 is 6.08 Å². The molecule has 0 aromatic carbocycles. The zero-order chi connectivity index (χ0) is 10.7. The van der Waals surface area contributed by atoms with Gasteiger partial charge in [0.25, 0.3) is 6.67 Å². The minimum Gasteiger partial charge on any atom is -1.00 e. The highest BCUT2D eigenvalue weighted by atomic mass is 35.5. The highest BCUT2D eigenvalue weighted by Crippen LogP contribution is 2.17. The minimum absolute atomic E-state index is 0. The standard InChI is InChI=1S/C12H17N2O.ClH/c1-2-12-7-3-4-8-13(12)11-14(15)9-5-6-10-14;/h2-4,7-8H,1,5-6,9-11H2;1H/q+1;/p-1. The molecule has 1 aromatic heterocycles. The van der Waals surface area contributed by atoms with E-state index in [0.29, 0.717) is 6.67 Å². The lowest BCUT2D eigenvalue weighted by Gasteiger charge is -2.34. The summed E-state index contributed by atoms with van der Waals surface area (Å²) >= 11 is 0. The second-order valence-corrected chi connectivity index (χ2v) is 4.15. The molecule has 1 aromatic rings. The van der Waals surface area contributed by atoms with Crippen molar-refractivity contribution in [2.45, 2.75) is 19.5 Å². The Morgan fingerprint density at radius 3 is 2.69 bits per heavy atom. The SMILES string of the molecule is C=Cc1cccc[n+]1C[N+]1([O-])CCCC1.[Cl-]. The summed E-state index contributed by atoms with van der Waals surface area (Å²) in [5, 5.41) is 12.2. The molecular formula is C12H17ClN2O. The second kappa shape index (κ2) is 5.43. The Kier molecular flexibility index (Phi) is 4.47. The molecule has 0 bridgehead atoms. The summed E-state index contributed by atoms with van der Waals surface area (Å²) in [6.07, 6.45) is 5.86. The normalized spacial score (nSPS) is 17.8. The Morgan fingerprint density at radius 1 is 1.38 bits per heavy atom. The third-order valence-corrected chi connectivity index (χ3v) is 2.98. The predicted molar refractivity (Wildman–Crippen MR) is 59.3 cm³/mol. The van der Waals surface area contributed by atoms with Crippen LogP contribution in [0.15, 0.2) is 31.0 Å². The van der Waals surface area contributed by atoms with Crippen LogP contribution in [0.2, 0.25) is 0 Å². The lowest BCUT2D eigenvalue weighted by atomic mass is 10.3. The van der Waals surface area contributed by atoms with Crippen molar-refractivity contribution in [2.24, 2.45) is 0 Å². The van der Waals surface area contributed by atoms with Gasteiger partial charge in [0.05, 0.1) is 13.1 Å². The summed E-state index contributed by atoms with van der Waals surface area (Å²) in [5.74, 6) is 0. The summed E-state index contributed by atoms with van der Waals surface area (Å²) in [7, 11) is 0. The molecule has 0 atom stereocenters. The van der Waals surface area contributed by atoms with Crippen LogP contribution in [0.3, 0.4) is 0 Å². The zero-order valence-electron chi connectivity index (χ0n) is 9.31. The highest BCUT2D eigenvalue weighted by Gasteiger charge is 2.27. The maximum absolute atomic E-state index is 12.2. The average molecular weight is 241 g/mol. The van der Waals surface area contributed by atoms with Crippen LogP contribution in [-0.4, -0.2) is 17.7 Å². The third-order valence-electron chi connectivity index (χ3n) is 2.98. The van der Waals surface area contributed by atoms with Crippen molar-refractivity contribution in [2.75, 3.05) is 13.1 Å². The topological polar surface area (TPSA) is 26.9 Å². The largest absolute Gasteiger partial charge is 1.00 e. The Labute approximate surface area is 103 Å². The first-order valence-electron chi connectivity index (χ1n) is 5.41. The summed E-state index contributed by atoms with van der Waals surface area (Å²) in [4.78, 5) is 0. The quantitative estimate of drug-likeness (QED) is 0.366. The van der Waals surface area contributed by atoms with Crippen LogP contribution in [0, 0.1) is 5.21 Å². The Balaban J connectivity index is 0.00000128. The Morgan fingerprint density at radius 2 is 2.06 bits per heavy atom. The van der Waals surface area contributed by atoms with Crippen LogP contribution >= 0.6 is 0 Å². The van der Waals surface area contributed by atoms with Gasteiger partial charge in [-0.25, -0.2) is 0 Å². The molecule has 3 nitrogen and oxygen atoms in total. The van der Waals surface area contributed by atoms with Gasteiger partial charge in [-0.15, -0.1) is 4.57 Å². The molecule has 0 aliphatic carbocycles. The fourth-order valence-corrected chi connectivity index (χ4v) is 2.13. The molecule has 4 heteroatoms. The summed E-state index contributed by atoms with van der Waals surface area (Å²) in [5.41, 5.74) is 1.01. The van der Waals surface area contributed by atoms with Crippen LogP contribution in [0.1, 0.15) is 18.5 Å². The fraction of sp³-hybridized carbons (Fsp3) is 0.417. The average Bonchev–Trinajstić information content (AvgIpc) is 2.66. The van der Waals surface area contributed by atoms with E-state index in [1.54, 1.807) is 6.08 Å². The first-order valence-corrected chi connectivity index (χ1v) is 5.41. The zero-order valence-corrected chi connectivity index (χ0v) is 10.1. The Bertz CT molecular complexity index is 362. The van der Waals surface area contributed by atoms with Gasteiger partial charge in [-0.2, -0.15) is 0 Å². The Hall–Kier alpha value is -0.900. The summed E-state index contributed by atoms with van der Waals surface area (Å²) < 4.78 is 1.90. The van der Waals surface area contributed by atoms with Gasteiger partial charge in [0, 0.05) is 31.1 Å². The van der Waals surface area contributed by atoms with E-state index in [4.69, 9.17) is 0 Å². The van der Waals surface area contributed by atoms with E-state index in [0.717, 1.165) is 31.6 Å². The maximum Gasteiger partial charge on any atom is 0.276 e. The number of nitrogens with zero attached hydrogens (tertiary/aromatic N) is 2. The van der Waals surface area contributed by atoms with Gasteiger partial charge in [-0.05, 0) is 6.07 Å². The van der Waals surface area contributed by atoms with Gasteiger partial charge in [0.2, 0.25) is 5.69 Å².